The van der Waals surface area contributed by atoms with Gasteiger partial charge >= 0.3 is 0 Å². The van der Waals surface area contributed by atoms with Crippen LogP contribution in [0.15, 0.2) is 17.3 Å². The Morgan fingerprint density at radius 2 is 2.29 bits per heavy atom. The van der Waals surface area contributed by atoms with E-state index in [1.54, 1.807) is 6.20 Å². The van der Waals surface area contributed by atoms with Gasteiger partial charge in [-0.1, -0.05) is 12.2 Å². The fourth-order valence-electron chi connectivity index (χ4n) is 1.65. The van der Waals surface area contributed by atoms with Crippen molar-refractivity contribution in [3.8, 4) is 0 Å². The Balaban J connectivity index is 0.00000191. The smallest absolute Gasteiger partial charge is 0.234 e. The number of thiol groups is 1. The molecule has 1 saturated heterocycles. The van der Waals surface area contributed by atoms with E-state index in [1.165, 1.54) is 13.1 Å². The highest BCUT2D eigenvalue weighted by molar-refractivity contribution is 8.41. The van der Waals surface area contributed by atoms with E-state index in [9.17, 15) is 4.79 Å². The summed E-state index contributed by atoms with van der Waals surface area (Å²) in [4.78, 5) is 24.3. The number of amidine groups is 1. The number of carbonyl (C=O) groups excluding carboxylic acids is 1. The van der Waals surface area contributed by atoms with Crippen molar-refractivity contribution < 1.29 is 18.9 Å². The van der Waals surface area contributed by atoms with Gasteiger partial charge in [-0.2, -0.15) is 4.99 Å². The normalized spacial score (nSPS) is 23.6. The van der Waals surface area contributed by atoms with Crippen molar-refractivity contribution >= 4 is 32.1 Å². The second-order valence-corrected chi connectivity index (χ2v) is 5.77. The SMILES string of the molecule is CN.CN(/C=C\C(N)=NC=O)C1CCC(COP(O)S)O1. The van der Waals surface area contributed by atoms with E-state index in [1.807, 2.05) is 11.9 Å². The van der Waals surface area contributed by atoms with Gasteiger partial charge in [-0.05, 0) is 26.0 Å². The molecule has 1 amide bonds. The van der Waals surface area contributed by atoms with E-state index in [2.05, 4.69) is 23.0 Å². The summed E-state index contributed by atoms with van der Waals surface area (Å²) in [6.45, 7) is 0.328. The number of hydrogen-bond donors (Lipinski definition) is 4. The molecule has 0 spiro atoms. The van der Waals surface area contributed by atoms with Crippen LogP contribution >= 0.6 is 19.8 Å². The fraction of sp³-hybridized carbons (Fsp3) is 0.636. The molecule has 10 heteroatoms. The number of hydrogen-bond acceptors (Lipinski definition) is 7. The minimum absolute atomic E-state index is 0.0499. The van der Waals surface area contributed by atoms with Crippen LogP contribution in [-0.4, -0.2) is 55.1 Å². The molecule has 0 bridgehead atoms. The van der Waals surface area contributed by atoms with Crippen LogP contribution < -0.4 is 11.5 Å². The van der Waals surface area contributed by atoms with Gasteiger partial charge in [-0.3, -0.25) is 4.79 Å². The molecule has 0 aromatic carbocycles. The highest BCUT2D eigenvalue weighted by Crippen LogP contribution is 2.37. The number of amides is 1. The molecule has 1 heterocycles. The first-order valence-electron chi connectivity index (χ1n) is 6.24. The van der Waals surface area contributed by atoms with Gasteiger partial charge in [-0.25, -0.2) is 0 Å². The summed E-state index contributed by atoms with van der Waals surface area (Å²) in [5.74, 6) is 0.140. The Kier molecular flexibility index (Phi) is 11.5. The molecule has 3 unspecified atom stereocenters. The lowest BCUT2D eigenvalue weighted by Gasteiger charge is -2.22. The van der Waals surface area contributed by atoms with E-state index >= 15 is 0 Å². The van der Waals surface area contributed by atoms with Crippen LogP contribution in [0.25, 0.3) is 0 Å². The monoisotopic (exact) mass is 338 g/mol. The maximum atomic E-state index is 10.1. The average Bonchev–Trinajstić information content (AvgIpc) is 2.94. The second kappa shape index (κ2) is 11.9. The highest BCUT2D eigenvalue weighted by Gasteiger charge is 2.27. The van der Waals surface area contributed by atoms with Crippen LogP contribution in [0.5, 0.6) is 0 Å². The standard InChI is InChI=1S/C10H18N3O4PS.CH5N/c1-13(5-4-9(11)12-7-14)10-3-2-8(17-10)6-16-18(15)19;1-2/h4-5,7-8,10,15,19H,2-3,6H2,1H3,(H2,11,12,14);2H2,1H3/b5-4-;. The third kappa shape index (κ3) is 9.02. The van der Waals surface area contributed by atoms with E-state index in [4.69, 9.17) is 19.9 Å². The van der Waals surface area contributed by atoms with Crippen molar-refractivity contribution in [1.82, 2.24) is 4.90 Å². The predicted molar refractivity (Wildman–Crippen MR) is 86.7 cm³/mol. The molecule has 8 nitrogen and oxygen atoms in total. The maximum absolute atomic E-state index is 10.1. The van der Waals surface area contributed by atoms with Crippen molar-refractivity contribution in [3.05, 3.63) is 12.3 Å². The first kappa shape index (κ1) is 20.3. The van der Waals surface area contributed by atoms with E-state index in [-0.39, 0.29) is 18.2 Å². The van der Waals surface area contributed by atoms with Gasteiger partial charge in [-0.15, -0.1) is 0 Å². The van der Waals surface area contributed by atoms with E-state index in [0.717, 1.165) is 12.8 Å². The van der Waals surface area contributed by atoms with Crippen LogP contribution in [0.1, 0.15) is 12.8 Å². The number of nitrogens with two attached hydrogens (primary N) is 2. The summed E-state index contributed by atoms with van der Waals surface area (Å²) in [6.07, 6.45) is 5.18. The quantitative estimate of drug-likeness (QED) is 0.172. The molecule has 3 atom stereocenters. The van der Waals surface area contributed by atoms with Crippen molar-refractivity contribution in [2.24, 2.45) is 16.5 Å². The zero-order valence-electron chi connectivity index (χ0n) is 12.1. The summed E-state index contributed by atoms with van der Waals surface area (Å²) < 4.78 is 10.8. The van der Waals surface area contributed by atoms with E-state index in [0.29, 0.717) is 13.0 Å². The van der Waals surface area contributed by atoms with Gasteiger partial charge in [0.15, 0.2) is 0 Å². The Labute approximate surface area is 131 Å². The number of ether oxygens (including phenoxy) is 1. The van der Waals surface area contributed by atoms with Crippen LogP contribution in [0, 0.1) is 0 Å². The van der Waals surface area contributed by atoms with Crippen LogP contribution in [0.4, 0.5) is 0 Å². The Morgan fingerprint density at radius 1 is 1.62 bits per heavy atom. The minimum atomic E-state index is -1.64. The van der Waals surface area contributed by atoms with Crippen LogP contribution in [0.2, 0.25) is 0 Å². The third-order valence-electron chi connectivity index (χ3n) is 2.60. The summed E-state index contributed by atoms with van der Waals surface area (Å²) in [5, 5.41) is 0. The first-order chi connectivity index (χ1) is 10.0. The average molecular weight is 338 g/mol. The fourth-order valence-corrected chi connectivity index (χ4v) is 2.15. The van der Waals surface area contributed by atoms with Crippen molar-refractivity contribution in [3.63, 3.8) is 0 Å². The molecule has 1 fully saturated rings. The summed E-state index contributed by atoms with van der Waals surface area (Å²) >= 11 is 3.78. The second-order valence-electron chi connectivity index (χ2n) is 3.98. The molecule has 5 N–H and O–H groups in total. The molecule has 1 rings (SSSR count). The molecule has 122 valence electrons. The predicted octanol–water partition coefficient (Wildman–Crippen LogP) is 0.191. The summed E-state index contributed by atoms with van der Waals surface area (Å²) in [7, 11) is 1.70. The lowest BCUT2D eigenvalue weighted by molar-refractivity contribution is -0.106. The maximum Gasteiger partial charge on any atom is 0.234 e. The van der Waals surface area contributed by atoms with Gasteiger partial charge in [0.2, 0.25) is 14.0 Å². The van der Waals surface area contributed by atoms with Crippen LogP contribution in [-0.2, 0) is 14.1 Å². The molecule has 0 aliphatic carbocycles. The van der Waals surface area contributed by atoms with Gasteiger partial charge in [0.25, 0.3) is 0 Å². The van der Waals surface area contributed by atoms with Crippen LogP contribution in [0.3, 0.4) is 0 Å². The van der Waals surface area contributed by atoms with Gasteiger partial charge in [0.1, 0.15) is 12.1 Å². The first-order valence-corrected chi connectivity index (χ1v) is 8.60. The molecular formula is C11H23N4O4PS. The zero-order chi connectivity index (χ0) is 16.3. The molecule has 1 aliphatic heterocycles. The lowest BCUT2D eigenvalue weighted by Crippen LogP contribution is -2.28. The van der Waals surface area contributed by atoms with Gasteiger partial charge in [0.05, 0.1) is 12.7 Å². The molecule has 0 aromatic heterocycles. The minimum Gasteiger partial charge on any atom is -0.384 e. The molecule has 21 heavy (non-hydrogen) atoms. The Hall–Kier alpha value is -0.700. The summed E-state index contributed by atoms with van der Waals surface area (Å²) in [6, 6.07) is 0. The number of nitrogens with zero attached hydrogens (tertiary/aromatic N) is 2. The Morgan fingerprint density at radius 3 is 2.86 bits per heavy atom. The number of carbonyl (C=O) groups is 1. The van der Waals surface area contributed by atoms with Gasteiger partial charge in [0, 0.05) is 13.2 Å². The largest absolute Gasteiger partial charge is 0.384 e. The topological polar surface area (TPSA) is 123 Å². The molecule has 1 aliphatic rings. The summed E-state index contributed by atoms with van der Waals surface area (Å²) in [5.41, 5.74) is 9.95. The number of aliphatic imine (C=N–C) groups is 1. The van der Waals surface area contributed by atoms with Crippen molar-refractivity contribution in [1.29, 1.82) is 0 Å². The highest BCUT2D eigenvalue weighted by atomic mass is 32.7. The molecule has 0 aromatic rings. The molecule has 0 radical (unpaired) electrons. The molecular weight excluding hydrogens is 315 g/mol. The third-order valence-corrected chi connectivity index (χ3v) is 3.32. The Bertz CT molecular complexity index is 357. The van der Waals surface area contributed by atoms with Gasteiger partial charge < -0.3 is 30.5 Å². The number of rotatable bonds is 7. The van der Waals surface area contributed by atoms with Crippen molar-refractivity contribution in [2.75, 3.05) is 20.7 Å². The zero-order valence-corrected chi connectivity index (χ0v) is 13.9. The molecule has 0 saturated carbocycles. The van der Waals surface area contributed by atoms with Crippen molar-refractivity contribution in [2.45, 2.75) is 25.2 Å². The lowest BCUT2D eigenvalue weighted by atomic mass is 10.2. The van der Waals surface area contributed by atoms with E-state index < -0.39 is 7.58 Å².